The highest BCUT2D eigenvalue weighted by Crippen LogP contribution is 2.25. The molecule has 6 heteroatoms. The fourth-order valence-corrected chi connectivity index (χ4v) is 2.69. The zero-order valence-corrected chi connectivity index (χ0v) is 14.2. The summed E-state index contributed by atoms with van der Waals surface area (Å²) >= 11 is 9.74. The molecule has 0 aromatic carbocycles. The van der Waals surface area contributed by atoms with Crippen LogP contribution in [0.1, 0.15) is 30.0 Å². The Bertz CT molecular complexity index is 580. The topological polar surface area (TPSA) is 42.7 Å². The van der Waals surface area contributed by atoms with Gasteiger partial charge in [0.1, 0.15) is 0 Å². The molecule has 0 aliphatic carbocycles. The summed E-state index contributed by atoms with van der Waals surface area (Å²) in [6.07, 6.45) is 2.58. The highest BCUT2D eigenvalue weighted by molar-refractivity contribution is 9.10. The number of nitrogens with one attached hydrogen (secondary N) is 1. The monoisotopic (exact) mass is 356 g/mol. The van der Waals surface area contributed by atoms with Crippen molar-refractivity contribution in [3.63, 3.8) is 0 Å². The number of rotatable bonds is 5. The number of pyridine rings is 1. The third kappa shape index (κ3) is 3.40. The predicted octanol–water partition coefficient (Wildman–Crippen LogP) is 3.43. The van der Waals surface area contributed by atoms with Crippen LogP contribution < -0.4 is 5.32 Å². The zero-order chi connectivity index (χ0) is 14.7. The van der Waals surface area contributed by atoms with Crippen molar-refractivity contribution in [2.45, 2.75) is 26.3 Å². The van der Waals surface area contributed by atoms with Crippen LogP contribution in [0.2, 0.25) is 5.02 Å². The third-order valence-corrected chi connectivity index (χ3v) is 4.18. The van der Waals surface area contributed by atoms with Gasteiger partial charge in [-0.15, -0.1) is 0 Å². The predicted molar refractivity (Wildman–Crippen MR) is 85.0 cm³/mol. The fourth-order valence-electron chi connectivity index (χ4n) is 2.22. The maximum absolute atomic E-state index is 6.33. The first kappa shape index (κ1) is 15.5. The molecule has 2 rings (SSSR count). The molecule has 4 nitrogen and oxygen atoms in total. The molecule has 108 valence electrons. The summed E-state index contributed by atoms with van der Waals surface area (Å²) in [6.45, 7) is 4.88. The summed E-state index contributed by atoms with van der Waals surface area (Å²) < 4.78 is 2.83. The Labute approximate surface area is 132 Å². The quantitative estimate of drug-likeness (QED) is 0.891. The molecule has 0 saturated carbocycles. The van der Waals surface area contributed by atoms with Crippen molar-refractivity contribution in [1.82, 2.24) is 20.1 Å². The van der Waals surface area contributed by atoms with Crippen LogP contribution in [-0.4, -0.2) is 21.3 Å². The van der Waals surface area contributed by atoms with Crippen LogP contribution >= 0.6 is 27.5 Å². The fraction of sp³-hybridized carbons (Fsp3) is 0.429. The SMILES string of the molecule is CCNC(Cc1c(Cl)c(C)nn1C)c1ccc(Br)cn1. The Balaban J connectivity index is 2.27. The lowest BCUT2D eigenvalue weighted by Crippen LogP contribution is -2.24. The summed E-state index contributed by atoms with van der Waals surface area (Å²) in [5.41, 5.74) is 2.90. The van der Waals surface area contributed by atoms with E-state index in [1.165, 1.54) is 0 Å². The molecule has 1 N–H and O–H groups in total. The van der Waals surface area contributed by atoms with Gasteiger partial charge in [-0.25, -0.2) is 0 Å². The van der Waals surface area contributed by atoms with E-state index in [2.05, 4.69) is 38.3 Å². The second-order valence-corrected chi connectivity index (χ2v) is 5.98. The molecule has 0 aliphatic rings. The van der Waals surface area contributed by atoms with Crippen LogP contribution in [0.3, 0.4) is 0 Å². The number of nitrogens with zero attached hydrogens (tertiary/aromatic N) is 3. The van der Waals surface area contributed by atoms with Crippen molar-refractivity contribution in [1.29, 1.82) is 0 Å². The molecule has 0 spiro atoms. The number of aryl methyl sites for hydroxylation is 2. The summed E-state index contributed by atoms with van der Waals surface area (Å²) in [7, 11) is 1.92. The van der Waals surface area contributed by atoms with E-state index in [9.17, 15) is 0 Å². The average molecular weight is 358 g/mol. The molecule has 0 fully saturated rings. The lowest BCUT2D eigenvalue weighted by molar-refractivity contribution is 0.517. The van der Waals surface area contributed by atoms with Crippen molar-refractivity contribution >= 4 is 27.5 Å². The number of halogens is 2. The average Bonchev–Trinajstić information content (AvgIpc) is 2.65. The van der Waals surface area contributed by atoms with Gasteiger partial charge in [0.05, 0.1) is 28.1 Å². The largest absolute Gasteiger partial charge is 0.309 e. The van der Waals surface area contributed by atoms with E-state index in [1.807, 2.05) is 37.0 Å². The van der Waals surface area contributed by atoms with E-state index < -0.39 is 0 Å². The Morgan fingerprint density at radius 2 is 2.20 bits per heavy atom. The molecular weight excluding hydrogens is 340 g/mol. The van der Waals surface area contributed by atoms with E-state index in [0.29, 0.717) is 0 Å². The zero-order valence-electron chi connectivity index (χ0n) is 11.8. The second kappa shape index (κ2) is 6.70. The Kier molecular flexibility index (Phi) is 5.18. The molecular formula is C14H18BrClN4. The first-order valence-electron chi connectivity index (χ1n) is 6.55. The lowest BCUT2D eigenvalue weighted by atomic mass is 10.1. The van der Waals surface area contributed by atoms with Gasteiger partial charge in [-0.05, 0) is 41.5 Å². The highest BCUT2D eigenvalue weighted by atomic mass is 79.9. The summed E-state index contributed by atoms with van der Waals surface area (Å²) in [6, 6.07) is 4.15. The Morgan fingerprint density at radius 3 is 2.70 bits per heavy atom. The van der Waals surface area contributed by atoms with Crippen LogP contribution in [0.25, 0.3) is 0 Å². The minimum atomic E-state index is 0.125. The van der Waals surface area contributed by atoms with Gasteiger partial charge in [0.15, 0.2) is 0 Å². The van der Waals surface area contributed by atoms with E-state index >= 15 is 0 Å². The minimum Gasteiger partial charge on any atom is -0.309 e. The smallest absolute Gasteiger partial charge is 0.0847 e. The first-order valence-corrected chi connectivity index (χ1v) is 7.72. The van der Waals surface area contributed by atoms with Crippen molar-refractivity contribution in [3.8, 4) is 0 Å². The minimum absolute atomic E-state index is 0.125. The Morgan fingerprint density at radius 1 is 1.45 bits per heavy atom. The number of aromatic nitrogens is 3. The summed E-state index contributed by atoms with van der Waals surface area (Å²) in [5, 5.41) is 8.56. The van der Waals surface area contributed by atoms with Crippen molar-refractivity contribution < 1.29 is 0 Å². The number of hydrogen-bond acceptors (Lipinski definition) is 3. The third-order valence-electron chi connectivity index (χ3n) is 3.22. The normalized spacial score (nSPS) is 12.7. The van der Waals surface area contributed by atoms with Gasteiger partial charge < -0.3 is 5.32 Å². The van der Waals surface area contributed by atoms with Gasteiger partial charge in [0.25, 0.3) is 0 Å². The molecule has 20 heavy (non-hydrogen) atoms. The summed E-state index contributed by atoms with van der Waals surface area (Å²) in [4.78, 5) is 4.48. The van der Waals surface area contributed by atoms with Crippen LogP contribution in [0.5, 0.6) is 0 Å². The summed E-state index contributed by atoms with van der Waals surface area (Å²) in [5.74, 6) is 0. The molecule has 0 aliphatic heterocycles. The molecule has 0 amide bonds. The standard InChI is InChI=1S/C14H18BrClN4/c1-4-17-12(11-6-5-10(15)8-18-11)7-13-14(16)9(2)19-20(13)3/h5-6,8,12,17H,4,7H2,1-3H3. The van der Waals surface area contributed by atoms with Gasteiger partial charge in [-0.2, -0.15) is 5.10 Å². The molecule has 0 saturated heterocycles. The Hall–Kier alpha value is -0.910. The maximum atomic E-state index is 6.33. The molecule has 2 aromatic heterocycles. The highest BCUT2D eigenvalue weighted by Gasteiger charge is 2.18. The molecule has 1 atom stereocenters. The maximum Gasteiger partial charge on any atom is 0.0847 e. The van der Waals surface area contributed by atoms with E-state index in [-0.39, 0.29) is 6.04 Å². The number of hydrogen-bond donors (Lipinski definition) is 1. The van der Waals surface area contributed by atoms with Crippen molar-refractivity contribution in [2.75, 3.05) is 6.54 Å². The van der Waals surface area contributed by atoms with Gasteiger partial charge in [-0.3, -0.25) is 9.67 Å². The van der Waals surface area contributed by atoms with Crippen LogP contribution in [0.4, 0.5) is 0 Å². The molecule has 2 aromatic rings. The molecule has 0 bridgehead atoms. The van der Waals surface area contributed by atoms with E-state index in [1.54, 1.807) is 0 Å². The van der Waals surface area contributed by atoms with Crippen LogP contribution in [0, 0.1) is 6.92 Å². The van der Waals surface area contributed by atoms with Crippen molar-refractivity contribution in [2.24, 2.45) is 7.05 Å². The van der Waals surface area contributed by atoms with Gasteiger partial charge >= 0.3 is 0 Å². The lowest BCUT2D eigenvalue weighted by Gasteiger charge is -2.17. The first-order chi connectivity index (χ1) is 9.52. The van der Waals surface area contributed by atoms with E-state index in [4.69, 9.17) is 11.6 Å². The molecule has 1 unspecified atom stereocenters. The number of likely N-dealkylation sites (N-methyl/N-ethyl adjacent to an activating group) is 1. The van der Waals surface area contributed by atoms with Crippen LogP contribution in [0.15, 0.2) is 22.8 Å². The van der Waals surface area contributed by atoms with Gasteiger partial charge in [0, 0.05) is 24.1 Å². The molecule has 0 radical (unpaired) electrons. The second-order valence-electron chi connectivity index (χ2n) is 4.69. The van der Waals surface area contributed by atoms with Gasteiger partial charge in [-0.1, -0.05) is 18.5 Å². The van der Waals surface area contributed by atoms with Crippen LogP contribution in [-0.2, 0) is 13.5 Å². The van der Waals surface area contributed by atoms with Crippen molar-refractivity contribution in [3.05, 3.63) is 44.9 Å². The van der Waals surface area contributed by atoms with Gasteiger partial charge in [0.2, 0.25) is 0 Å². The van der Waals surface area contributed by atoms with E-state index in [0.717, 1.165) is 39.5 Å². The molecule has 2 heterocycles.